The first-order valence-corrected chi connectivity index (χ1v) is 11.0. The van der Waals surface area contributed by atoms with Crippen LogP contribution in [0.3, 0.4) is 0 Å². The molecular formula is C21H27F5N6O2. The Kier molecular flexibility index (Phi) is 6.44. The van der Waals surface area contributed by atoms with E-state index < -0.39 is 42.8 Å². The Morgan fingerprint density at radius 1 is 1.32 bits per heavy atom. The Balaban J connectivity index is 1.61. The molecule has 8 nitrogen and oxygen atoms in total. The number of rotatable bonds is 6. The second-order valence-corrected chi connectivity index (χ2v) is 9.04. The van der Waals surface area contributed by atoms with Crippen LogP contribution in [0, 0.1) is 12.8 Å². The maximum atomic E-state index is 13.5. The number of carbonyl (C=O) groups excluding carboxylic acids is 1. The maximum Gasteiger partial charge on any atom is 0.410 e. The van der Waals surface area contributed by atoms with Gasteiger partial charge in [-0.1, -0.05) is 0 Å². The lowest BCUT2D eigenvalue weighted by Crippen LogP contribution is -2.40. The first kappa shape index (κ1) is 24.6. The summed E-state index contributed by atoms with van der Waals surface area (Å²) in [6.45, 7) is 1.08. The zero-order valence-electron chi connectivity index (χ0n) is 18.8. The van der Waals surface area contributed by atoms with Gasteiger partial charge in [0.05, 0.1) is 42.8 Å². The minimum atomic E-state index is -4.57. The normalized spacial score (nSPS) is 23.4. The van der Waals surface area contributed by atoms with E-state index in [1.54, 1.807) is 19.2 Å². The number of aromatic nitrogens is 3. The molecule has 3 heterocycles. The van der Waals surface area contributed by atoms with Gasteiger partial charge in [0, 0.05) is 25.5 Å². The van der Waals surface area contributed by atoms with Crippen LogP contribution in [0.25, 0.3) is 5.65 Å². The van der Waals surface area contributed by atoms with Crippen LogP contribution in [-0.2, 0) is 4.74 Å². The van der Waals surface area contributed by atoms with Gasteiger partial charge in [0.1, 0.15) is 6.04 Å². The molecule has 2 aromatic heterocycles. The molecule has 0 unspecified atom stereocenters. The van der Waals surface area contributed by atoms with E-state index in [0.29, 0.717) is 35.4 Å². The van der Waals surface area contributed by atoms with Crippen molar-refractivity contribution in [3.63, 3.8) is 0 Å². The highest BCUT2D eigenvalue weighted by atomic mass is 19.4. The lowest BCUT2D eigenvalue weighted by atomic mass is 9.81. The van der Waals surface area contributed by atoms with Crippen molar-refractivity contribution < 1.29 is 31.5 Å². The van der Waals surface area contributed by atoms with Crippen LogP contribution in [-0.4, -0.2) is 63.9 Å². The highest BCUT2D eigenvalue weighted by Gasteiger charge is 2.49. The van der Waals surface area contributed by atoms with E-state index >= 15 is 0 Å². The lowest BCUT2D eigenvalue weighted by Gasteiger charge is -2.31. The first-order valence-electron chi connectivity index (χ1n) is 11.0. The van der Waals surface area contributed by atoms with Gasteiger partial charge >= 0.3 is 12.2 Å². The van der Waals surface area contributed by atoms with Gasteiger partial charge in [-0.05, 0) is 31.7 Å². The van der Waals surface area contributed by atoms with E-state index in [1.807, 2.05) is 5.32 Å². The van der Waals surface area contributed by atoms with Crippen LogP contribution in [0.2, 0.25) is 0 Å². The number of ether oxygens (including phenoxy) is 1. The maximum absolute atomic E-state index is 13.5. The molecule has 34 heavy (non-hydrogen) atoms. The number of nitrogens with one attached hydrogen (secondary N) is 1. The van der Waals surface area contributed by atoms with Gasteiger partial charge in [-0.3, -0.25) is 0 Å². The molecule has 3 N–H and O–H groups in total. The molecule has 1 saturated heterocycles. The Bertz CT molecular complexity index is 1050. The molecule has 0 radical (unpaired) electrons. The summed E-state index contributed by atoms with van der Waals surface area (Å²) in [5.41, 5.74) is 8.21. The summed E-state index contributed by atoms with van der Waals surface area (Å²) >= 11 is 0. The zero-order chi connectivity index (χ0) is 24.8. The van der Waals surface area contributed by atoms with E-state index in [4.69, 9.17) is 10.5 Å². The SMILES string of the molecule is COC[C@H](c1cc2nc([C@@H](N)C3CCC(F)(F)CC3)cn2nc1C)N1C[C@@H](C(F)(F)F)NC1=O. The van der Waals surface area contributed by atoms with Gasteiger partial charge in [-0.2, -0.15) is 18.3 Å². The monoisotopic (exact) mass is 490 g/mol. The van der Waals surface area contributed by atoms with E-state index in [-0.39, 0.29) is 25.4 Å². The molecule has 3 atom stereocenters. The van der Waals surface area contributed by atoms with Crippen molar-refractivity contribution in [1.82, 2.24) is 24.8 Å². The Morgan fingerprint density at radius 3 is 2.59 bits per heavy atom. The van der Waals surface area contributed by atoms with E-state index in [1.165, 1.54) is 11.6 Å². The molecule has 2 amide bonds. The molecule has 0 spiro atoms. The Morgan fingerprint density at radius 2 is 2.00 bits per heavy atom. The number of carbonyl (C=O) groups is 1. The number of fused-ring (bicyclic) bond motifs is 1. The summed E-state index contributed by atoms with van der Waals surface area (Å²) in [7, 11) is 1.39. The highest BCUT2D eigenvalue weighted by molar-refractivity contribution is 5.77. The number of alkyl halides is 5. The predicted octanol–water partition coefficient (Wildman–Crippen LogP) is 3.51. The molecule has 2 aliphatic rings. The molecular weight excluding hydrogens is 463 g/mol. The van der Waals surface area contributed by atoms with Crippen LogP contribution < -0.4 is 11.1 Å². The second-order valence-electron chi connectivity index (χ2n) is 9.04. The van der Waals surface area contributed by atoms with Gasteiger partial charge in [0.25, 0.3) is 0 Å². The van der Waals surface area contributed by atoms with E-state index in [0.717, 1.165) is 4.90 Å². The van der Waals surface area contributed by atoms with Crippen molar-refractivity contribution in [2.24, 2.45) is 11.7 Å². The smallest absolute Gasteiger partial charge is 0.382 e. The summed E-state index contributed by atoms with van der Waals surface area (Å²) in [6, 6.07) is -2.54. The second kappa shape index (κ2) is 8.91. The van der Waals surface area contributed by atoms with Crippen LogP contribution >= 0.6 is 0 Å². The van der Waals surface area contributed by atoms with Crippen molar-refractivity contribution in [1.29, 1.82) is 0 Å². The highest BCUT2D eigenvalue weighted by Crippen LogP contribution is 2.40. The minimum Gasteiger partial charge on any atom is -0.382 e. The number of urea groups is 1. The summed E-state index contributed by atoms with van der Waals surface area (Å²) in [6.07, 6.45) is -2.78. The molecule has 4 rings (SSSR count). The van der Waals surface area contributed by atoms with Gasteiger partial charge in [0.15, 0.2) is 5.65 Å². The van der Waals surface area contributed by atoms with Crippen molar-refractivity contribution >= 4 is 11.7 Å². The lowest BCUT2D eigenvalue weighted by molar-refractivity contribution is -0.150. The third-order valence-electron chi connectivity index (χ3n) is 6.70. The number of hydrogen-bond donors (Lipinski definition) is 2. The molecule has 2 aromatic rings. The van der Waals surface area contributed by atoms with Gasteiger partial charge in [0.2, 0.25) is 5.92 Å². The van der Waals surface area contributed by atoms with Crippen LogP contribution in [0.15, 0.2) is 12.3 Å². The quantitative estimate of drug-likeness (QED) is 0.604. The molecule has 1 aliphatic carbocycles. The van der Waals surface area contributed by atoms with Crippen molar-refractivity contribution in [2.45, 2.75) is 62.8 Å². The molecule has 0 bridgehead atoms. The number of nitrogens with two attached hydrogens (primary N) is 1. The molecule has 1 aliphatic heterocycles. The van der Waals surface area contributed by atoms with Crippen molar-refractivity contribution in [3.05, 3.63) is 29.2 Å². The summed E-state index contributed by atoms with van der Waals surface area (Å²) < 4.78 is 73.2. The average molecular weight is 490 g/mol. The predicted molar refractivity (Wildman–Crippen MR) is 111 cm³/mol. The van der Waals surface area contributed by atoms with E-state index in [2.05, 4.69) is 10.1 Å². The molecule has 13 heteroatoms. The summed E-state index contributed by atoms with van der Waals surface area (Å²) in [5.74, 6) is -2.80. The number of nitrogens with zero attached hydrogens (tertiary/aromatic N) is 4. The van der Waals surface area contributed by atoms with Crippen LogP contribution in [0.4, 0.5) is 26.7 Å². The van der Waals surface area contributed by atoms with Gasteiger partial charge in [-0.25, -0.2) is 23.1 Å². The van der Waals surface area contributed by atoms with Gasteiger partial charge < -0.3 is 20.7 Å². The summed E-state index contributed by atoms with van der Waals surface area (Å²) in [5, 5.41) is 6.42. The largest absolute Gasteiger partial charge is 0.410 e. The third-order valence-corrected chi connectivity index (χ3v) is 6.70. The fourth-order valence-corrected chi connectivity index (χ4v) is 4.72. The summed E-state index contributed by atoms with van der Waals surface area (Å²) in [4.78, 5) is 18.0. The molecule has 188 valence electrons. The molecule has 2 fully saturated rings. The van der Waals surface area contributed by atoms with Crippen LogP contribution in [0.5, 0.6) is 0 Å². The van der Waals surface area contributed by atoms with Crippen molar-refractivity contribution in [3.8, 4) is 0 Å². The number of halogens is 5. The third kappa shape index (κ3) is 4.81. The van der Waals surface area contributed by atoms with Crippen LogP contribution in [0.1, 0.15) is 54.7 Å². The average Bonchev–Trinajstić information content (AvgIpc) is 3.34. The number of aryl methyl sites for hydroxylation is 1. The van der Waals surface area contributed by atoms with Gasteiger partial charge in [-0.15, -0.1) is 0 Å². The molecule has 1 saturated carbocycles. The fourth-order valence-electron chi connectivity index (χ4n) is 4.72. The number of amides is 2. The molecule has 0 aromatic carbocycles. The number of methoxy groups -OCH3 is 1. The minimum absolute atomic E-state index is 0.0416. The topological polar surface area (TPSA) is 97.8 Å². The van der Waals surface area contributed by atoms with Crippen molar-refractivity contribution in [2.75, 3.05) is 20.3 Å². The zero-order valence-corrected chi connectivity index (χ0v) is 18.8. The number of hydrogen-bond acceptors (Lipinski definition) is 5. The Labute approximate surface area is 192 Å². The standard InChI is InChI=1S/C21H27F5N6O2/c1-11-13(15(10-34-2)31-9-16(21(24,25)26)29-19(31)33)7-17-28-14(8-32(17)30-11)18(27)12-3-5-20(22,23)6-4-12/h7-8,12,15-16,18H,3-6,9-10,27H2,1-2H3,(H,29,33)/t15-,16+,18+/m1/s1. The Hall–Kier alpha value is -2.54. The van der Waals surface area contributed by atoms with E-state index in [9.17, 15) is 26.7 Å². The first-order chi connectivity index (χ1) is 15.9. The fraction of sp³-hybridized carbons (Fsp3) is 0.667. The number of imidazole rings is 1.